The molecule has 3 aromatic carbocycles. The Bertz CT molecular complexity index is 1300. The Hall–Kier alpha value is -4.01. The molecule has 4 N–H and O–H groups in total. The van der Waals surface area contributed by atoms with E-state index in [-0.39, 0.29) is 29.1 Å². The Kier molecular flexibility index (Phi) is 7.50. The third kappa shape index (κ3) is 5.30. The molecule has 0 unspecified atom stereocenters. The number of piperidine rings is 3. The second-order valence-electron chi connectivity index (χ2n) is 10.6. The lowest BCUT2D eigenvalue weighted by Gasteiger charge is -2.52. The van der Waals surface area contributed by atoms with Crippen molar-refractivity contribution in [1.82, 2.24) is 5.32 Å². The van der Waals surface area contributed by atoms with Crippen LogP contribution in [0.3, 0.4) is 0 Å². The highest BCUT2D eigenvalue weighted by atomic mass is 16.6. The quantitative estimate of drug-likeness (QED) is 0.291. The highest BCUT2D eigenvalue weighted by molar-refractivity contribution is 6.06. The summed E-state index contributed by atoms with van der Waals surface area (Å²) in [6, 6.07) is 24.3. The van der Waals surface area contributed by atoms with Crippen molar-refractivity contribution in [2.24, 2.45) is 11.7 Å². The van der Waals surface area contributed by atoms with E-state index in [1.54, 1.807) is 72.8 Å². The molecule has 202 valence electrons. The minimum Gasteiger partial charge on any atom is -0.453 e. The fraction of sp³-hybridized carbons (Fsp3) is 0.323. The number of hydrogen-bond acceptors (Lipinski definition) is 5. The van der Waals surface area contributed by atoms with Crippen molar-refractivity contribution < 1.29 is 28.7 Å². The molecule has 3 saturated heterocycles. The number of nitrogens with one attached hydrogen (secondary N) is 1. The smallest absolute Gasteiger partial charge is 0.348 e. The van der Waals surface area contributed by atoms with Crippen LogP contribution in [0.4, 0.5) is 0 Å². The normalized spacial score (nSPS) is 22.2. The number of esters is 1. The molecule has 2 amide bonds. The molecule has 3 fully saturated rings. The Morgan fingerprint density at radius 2 is 1.41 bits per heavy atom. The number of rotatable bonds is 9. The summed E-state index contributed by atoms with van der Waals surface area (Å²) in [4.78, 5) is 38.2. The van der Waals surface area contributed by atoms with Crippen LogP contribution < -0.4 is 11.1 Å². The van der Waals surface area contributed by atoms with Gasteiger partial charge in [0.2, 0.25) is 11.5 Å². The molecule has 3 aliphatic rings. The Labute approximate surface area is 228 Å². The van der Waals surface area contributed by atoms with Crippen molar-refractivity contribution in [3.8, 4) is 0 Å². The SMILES string of the molecule is NC(=O)c1ccccc1C(=O)NCC[N+]12CCC(CC1)[C@@H](OC(=O)C(O)(c1ccccc1)c1ccccc1)C2. The standard InChI is InChI=1S/C31H33N3O5/c32-28(35)25-13-7-8-14-26(25)29(36)33-17-20-34-18-15-22(16-19-34)27(21-34)39-30(37)31(38,23-9-3-1-4-10-23)24-11-5-2-6-12-24/h1-14,22,27,38H,15-21H2,(H2-,32,33,35,36)/p+1/t22?,27-,34?/m0/s1. The van der Waals surface area contributed by atoms with Gasteiger partial charge in [0.15, 0.2) is 6.10 Å². The number of nitrogens with two attached hydrogens (primary N) is 1. The molecular weight excluding hydrogens is 494 g/mol. The molecule has 0 saturated carbocycles. The Morgan fingerprint density at radius 3 is 1.97 bits per heavy atom. The van der Waals surface area contributed by atoms with Gasteiger partial charge in [0.25, 0.3) is 5.91 Å². The predicted octanol–water partition coefficient (Wildman–Crippen LogP) is 2.60. The van der Waals surface area contributed by atoms with Gasteiger partial charge in [0.05, 0.1) is 37.3 Å². The van der Waals surface area contributed by atoms with Crippen LogP contribution in [0, 0.1) is 5.92 Å². The summed E-state index contributed by atoms with van der Waals surface area (Å²) in [5.74, 6) is -1.42. The van der Waals surface area contributed by atoms with E-state index in [1.807, 2.05) is 12.1 Å². The molecule has 39 heavy (non-hydrogen) atoms. The maximum absolute atomic E-state index is 13.7. The first-order valence-electron chi connectivity index (χ1n) is 13.4. The number of quaternary nitrogens is 1. The minimum absolute atomic E-state index is 0.192. The van der Waals surface area contributed by atoms with E-state index in [9.17, 15) is 19.5 Å². The Morgan fingerprint density at radius 1 is 0.872 bits per heavy atom. The van der Waals surface area contributed by atoms with Crippen molar-refractivity contribution in [2.45, 2.75) is 24.5 Å². The van der Waals surface area contributed by atoms with Gasteiger partial charge < -0.3 is 25.4 Å². The summed E-state index contributed by atoms with van der Waals surface area (Å²) in [6.07, 6.45) is 1.49. The van der Waals surface area contributed by atoms with E-state index in [4.69, 9.17) is 10.5 Å². The third-order valence-electron chi connectivity index (χ3n) is 8.29. The summed E-state index contributed by atoms with van der Waals surface area (Å²) in [7, 11) is 0. The van der Waals surface area contributed by atoms with Crippen LogP contribution in [-0.2, 0) is 15.1 Å². The second-order valence-corrected chi connectivity index (χ2v) is 10.6. The van der Waals surface area contributed by atoms with Gasteiger partial charge in [0.1, 0.15) is 6.54 Å². The van der Waals surface area contributed by atoms with Crippen molar-refractivity contribution in [1.29, 1.82) is 0 Å². The van der Waals surface area contributed by atoms with Gasteiger partial charge in [-0.2, -0.15) is 0 Å². The molecule has 6 rings (SSSR count). The number of hydrogen-bond donors (Lipinski definition) is 3. The number of ether oxygens (including phenoxy) is 1. The average Bonchev–Trinajstić information content (AvgIpc) is 2.98. The number of amides is 2. The lowest BCUT2D eigenvalue weighted by molar-refractivity contribution is -0.945. The molecule has 8 heteroatoms. The lowest BCUT2D eigenvalue weighted by Crippen LogP contribution is -2.66. The molecule has 0 spiro atoms. The van der Waals surface area contributed by atoms with Crippen LogP contribution in [0.25, 0.3) is 0 Å². The van der Waals surface area contributed by atoms with Gasteiger partial charge in [-0.25, -0.2) is 4.79 Å². The van der Waals surface area contributed by atoms with Gasteiger partial charge in [-0.15, -0.1) is 0 Å². The van der Waals surface area contributed by atoms with Crippen LogP contribution in [0.1, 0.15) is 44.7 Å². The molecule has 2 bridgehead atoms. The molecule has 3 aromatic rings. The van der Waals surface area contributed by atoms with Crippen LogP contribution in [0.5, 0.6) is 0 Å². The van der Waals surface area contributed by atoms with E-state index < -0.39 is 17.5 Å². The van der Waals surface area contributed by atoms with E-state index in [0.29, 0.717) is 30.8 Å². The van der Waals surface area contributed by atoms with Crippen molar-refractivity contribution >= 4 is 17.8 Å². The minimum atomic E-state index is -1.92. The summed E-state index contributed by atoms with van der Waals surface area (Å²) in [5.41, 5.74) is 4.89. The van der Waals surface area contributed by atoms with Crippen molar-refractivity contribution in [2.75, 3.05) is 32.7 Å². The molecule has 8 nitrogen and oxygen atoms in total. The first-order chi connectivity index (χ1) is 18.8. The number of primary amides is 1. The fourth-order valence-electron chi connectivity index (χ4n) is 6.05. The summed E-state index contributed by atoms with van der Waals surface area (Å²) in [6.45, 7) is 3.59. The van der Waals surface area contributed by atoms with Crippen molar-refractivity contribution in [3.05, 3.63) is 107 Å². The zero-order chi connectivity index (χ0) is 27.5. The number of aliphatic hydroxyl groups is 1. The number of fused-ring (bicyclic) bond motifs is 3. The number of carbonyl (C=O) groups excluding carboxylic acids is 3. The van der Waals surface area contributed by atoms with Crippen LogP contribution >= 0.6 is 0 Å². The molecule has 3 heterocycles. The van der Waals surface area contributed by atoms with Gasteiger partial charge in [-0.05, 0) is 23.3 Å². The summed E-state index contributed by atoms with van der Waals surface area (Å²) >= 11 is 0. The van der Waals surface area contributed by atoms with E-state index >= 15 is 0 Å². The van der Waals surface area contributed by atoms with E-state index in [0.717, 1.165) is 30.4 Å². The third-order valence-corrected chi connectivity index (χ3v) is 8.29. The zero-order valence-electron chi connectivity index (χ0n) is 21.8. The summed E-state index contributed by atoms with van der Waals surface area (Å²) < 4.78 is 6.84. The predicted molar refractivity (Wildman–Crippen MR) is 146 cm³/mol. The van der Waals surface area contributed by atoms with Gasteiger partial charge in [0, 0.05) is 18.8 Å². The van der Waals surface area contributed by atoms with Crippen molar-refractivity contribution in [3.63, 3.8) is 0 Å². The van der Waals surface area contributed by atoms with Crippen LogP contribution in [0.2, 0.25) is 0 Å². The average molecular weight is 529 g/mol. The molecule has 0 aliphatic carbocycles. The topological polar surface area (TPSA) is 119 Å². The van der Waals surface area contributed by atoms with Gasteiger partial charge >= 0.3 is 5.97 Å². The first-order valence-corrected chi connectivity index (χ1v) is 13.4. The first kappa shape index (κ1) is 26.6. The molecule has 1 atom stereocenters. The molecular formula is C31H34N3O5+. The van der Waals surface area contributed by atoms with Gasteiger partial charge in [-0.3, -0.25) is 9.59 Å². The zero-order valence-corrected chi connectivity index (χ0v) is 21.8. The largest absolute Gasteiger partial charge is 0.453 e. The summed E-state index contributed by atoms with van der Waals surface area (Å²) in [5, 5.41) is 14.7. The number of carbonyl (C=O) groups is 3. The fourth-order valence-corrected chi connectivity index (χ4v) is 6.05. The highest BCUT2D eigenvalue weighted by Gasteiger charge is 2.50. The molecule has 3 aliphatic heterocycles. The van der Waals surface area contributed by atoms with E-state index in [2.05, 4.69) is 5.32 Å². The highest BCUT2D eigenvalue weighted by Crippen LogP contribution is 2.38. The number of nitrogens with zero attached hydrogens (tertiary/aromatic N) is 1. The maximum Gasteiger partial charge on any atom is 0.348 e. The maximum atomic E-state index is 13.7. The van der Waals surface area contributed by atoms with Crippen LogP contribution in [-0.4, -0.2) is 66.2 Å². The second kappa shape index (κ2) is 11.0. The number of benzene rings is 3. The van der Waals surface area contributed by atoms with E-state index in [1.165, 1.54) is 0 Å². The lowest BCUT2D eigenvalue weighted by atomic mass is 9.82. The monoisotopic (exact) mass is 528 g/mol. The Balaban J connectivity index is 1.27. The molecule has 0 radical (unpaired) electrons. The molecule has 0 aromatic heterocycles. The van der Waals surface area contributed by atoms with Gasteiger partial charge in [-0.1, -0.05) is 72.8 Å². The van der Waals surface area contributed by atoms with Crippen LogP contribution in [0.15, 0.2) is 84.9 Å².